The molecule has 0 bridgehead atoms. The summed E-state index contributed by atoms with van der Waals surface area (Å²) in [5.74, 6) is -0.959. The Bertz CT molecular complexity index is 1170. The molecule has 1 heterocycles. The number of hydroxylamine groups is 1. The molecule has 0 saturated carbocycles. The van der Waals surface area contributed by atoms with Gasteiger partial charge in [0.1, 0.15) is 15.5 Å². The molecule has 0 spiro atoms. The van der Waals surface area contributed by atoms with Crippen LogP contribution in [0.4, 0.5) is 5.69 Å². The minimum absolute atomic E-state index is 0.0967. The normalized spacial score (nSPS) is 10.9. The SMILES string of the molecule is CCCOc1ccc(N(C)S(=O)(=O)c2ccsc2C(=O)NOC(=O)c2ccccc2)cc1. The quantitative estimate of drug-likeness (QED) is 0.498. The van der Waals surface area contributed by atoms with Gasteiger partial charge < -0.3 is 9.57 Å². The van der Waals surface area contributed by atoms with Crippen LogP contribution in [0.25, 0.3) is 0 Å². The number of anilines is 1. The van der Waals surface area contributed by atoms with Gasteiger partial charge in [0.15, 0.2) is 0 Å². The Hall–Kier alpha value is -3.37. The van der Waals surface area contributed by atoms with Gasteiger partial charge in [0.2, 0.25) is 0 Å². The molecule has 0 saturated heterocycles. The maximum atomic E-state index is 13.1. The van der Waals surface area contributed by atoms with E-state index in [1.165, 1.54) is 30.6 Å². The van der Waals surface area contributed by atoms with E-state index in [4.69, 9.17) is 9.57 Å². The first kappa shape index (κ1) is 23.3. The van der Waals surface area contributed by atoms with Crippen LogP contribution in [0.1, 0.15) is 33.4 Å². The highest BCUT2D eigenvalue weighted by Crippen LogP contribution is 2.29. The van der Waals surface area contributed by atoms with E-state index in [1.807, 2.05) is 12.4 Å². The van der Waals surface area contributed by atoms with Crippen molar-refractivity contribution in [1.29, 1.82) is 0 Å². The Balaban J connectivity index is 1.73. The van der Waals surface area contributed by atoms with Crippen LogP contribution >= 0.6 is 11.3 Å². The molecular weight excluding hydrogens is 452 g/mol. The van der Waals surface area contributed by atoms with Crippen molar-refractivity contribution in [3.63, 3.8) is 0 Å². The molecule has 1 amide bonds. The number of ether oxygens (including phenoxy) is 1. The highest BCUT2D eigenvalue weighted by atomic mass is 32.2. The van der Waals surface area contributed by atoms with Crippen LogP contribution in [0.2, 0.25) is 0 Å². The molecule has 0 atom stereocenters. The minimum atomic E-state index is -4.04. The molecule has 3 aromatic rings. The van der Waals surface area contributed by atoms with Gasteiger partial charge >= 0.3 is 5.97 Å². The second-order valence-electron chi connectivity index (χ2n) is 6.62. The zero-order valence-electron chi connectivity index (χ0n) is 17.5. The van der Waals surface area contributed by atoms with Crippen LogP contribution in [-0.2, 0) is 14.9 Å². The number of benzene rings is 2. The second kappa shape index (κ2) is 10.3. The molecule has 8 nitrogen and oxygen atoms in total. The molecule has 168 valence electrons. The van der Waals surface area contributed by atoms with Crippen molar-refractivity contribution >= 4 is 38.9 Å². The number of carbonyl (C=O) groups excluding carboxylic acids is 2. The van der Waals surface area contributed by atoms with Crippen LogP contribution in [-0.4, -0.2) is 33.9 Å². The van der Waals surface area contributed by atoms with Gasteiger partial charge in [-0.1, -0.05) is 25.1 Å². The van der Waals surface area contributed by atoms with Gasteiger partial charge in [-0.05, 0) is 54.3 Å². The average molecular weight is 475 g/mol. The summed E-state index contributed by atoms with van der Waals surface area (Å²) in [5, 5.41) is 1.48. The first-order valence-electron chi connectivity index (χ1n) is 9.70. The topological polar surface area (TPSA) is 102 Å². The summed E-state index contributed by atoms with van der Waals surface area (Å²) < 4.78 is 32.9. The summed E-state index contributed by atoms with van der Waals surface area (Å²) in [4.78, 5) is 29.1. The molecule has 0 aliphatic heterocycles. The lowest BCUT2D eigenvalue weighted by atomic mass is 10.2. The van der Waals surface area contributed by atoms with Crippen LogP contribution in [0.15, 0.2) is 70.9 Å². The molecule has 3 rings (SSSR count). The van der Waals surface area contributed by atoms with Crippen molar-refractivity contribution in [2.75, 3.05) is 18.0 Å². The molecule has 2 aromatic carbocycles. The van der Waals surface area contributed by atoms with Crippen molar-refractivity contribution in [2.24, 2.45) is 0 Å². The Labute approximate surface area is 190 Å². The van der Waals surface area contributed by atoms with Crippen LogP contribution in [0.3, 0.4) is 0 Å². The molecule has 0 unspecified atom stereocenters. The van der Waals surface area contributed by atoms with Gasteiger partial charge in [-0.2, -0.15) is 5.48 Å². The van der Waals surface area contributed by atoms with Crippen molar-refractivity contribution in [2.45, 2.75) is 18.2 Å². The van der Waals surface area contributed by atoms with Crippen LogP contribution in [0.5, 0.6) is 5.75 Å². The zero-order valence-corrected chi connectivity index (χ0v) is 19.1. The lowest BCUT2D eigenvalue weighted by Crippen LogP contribution is -2.31. The summed E-state index contributed by atoms with van der Waals surface area (Å²) in [6.07, 6.45) is 0.861. The lowest BCUT2D eigenvalue weighted by Gasteiger charge is -2.20. The van der Waals surface area contributed by atoms with Gasteiger partial charge in [-0.3, -0.25) is 9.10 Å². The molecule has 1 aromatic heterocycles. The predicted molar refractivity (Wildman–Crippen MR) is 121 cm³/mol. The zero-order chi connectivity index (χ0) is 23.1. The summed E-state index contributed by atoms with van der Waals surface area (Å²) >= 11 is 0.927. The van der Waals surface area contributed by atoms with Gasteiger partial charge in [0, 0.05) is 7.05 Å². The molecular formula is C22H22N2O6S2. The van der Waals surface area contributed by atoms with Crippen LogP contribution in [0, 0.1) is 0 Å². The van der Waals surface area contributed by atoms with Crippen molar-refractivity contribution in [3.8, 4) is 5.75 Å². The van der Waals surface area contributed by atoms with Gasteiger partial charge in [-0.15, -0.1) is 11.3 Å². The smallest absolute Gasteiger partial charge is 0.362 e. The van der Waals surface area contributed by atoms with E-state index in [9.17, 15) is 18.0 Å². The summed E-state index contributed by atoms with van der Waals surface area (Å²) in [7, 11) is -2.65. The fourth-order valence-corrected chi connectivity index (χ4v) is 5.18. The maximum Gasteiger partial charge on any atom is 0.362 e. The van der Waals surface area contributed by atoms with E-state index >= 15 is 0 Å². The first-order chi connectivity index (χ1) is 15.3. The van der Waals surface area contributed by atoms with Crippen molar-refractivity contribution in [3.05, 3.63) is 76.5 Å². The van der Waals surface area contributed by atoms with Crippen molar-refractivity contribution < 1.29 is 27.6 Å². The molecule has 0 aliphatic rings. The Morgan fingerprint density at radius 3 is 2.38 bits per heavy atom. The third-order valence-electron chi connectivity index (χ3n) is 4.39. The third kappa shape index (κ3) is 5.27. The van der Waals surface area contributed by atoms with Gasteiger partial charge in [-0.25, -0.2) is 13.2 Å². The van der Waals surface area contributed by atoms with Crippen molar-refractivity contribution in [1.82, 2.24) is 5.48 Å². The Morgan fingerprint density at radius 1 is 1.03 bits per heavy atom. The van der Waals surface area contributed by atoms with E-state index in [0.29, 0.717) is 18.0 Å². The number of rotatable bonds is 8. The van der Waals surface area contributed by atoms with E-state index in [-0.39, 0.29) is 15.3 Å². The van der Waals surface area contributed by atoms with Gasteiger partial charge in [0.25, 0.3) is 15.9 Å². The minimum Gasteiger partial charge on any atom is -0.494 e. The standard InChI is InChI=1S/C22H22N2O6S2/c1-3-14-29-18-11-9-17(10-12-18)24(2)32(27,28)19-13-15-31-20(19)21(25)23-30-22(26)16-7-5-4-6-8-16/h4-13,15H,3,14H2,1-2H3,(H,23,25). The molecule has 1 N–H and O–H groups in total. The Kier molecular flexibility index (Phi) is 7.49. The van der Waals surface area contributed by atoms with E-state index < -0.39 is 21.9 Å². The molecule has 0 fully saturated rings. The number of thiophene rings is 1. The van der Waals surface area contributed by atoms with E-state index in [2.05, 4.69) is 0 Å². The number of nitrogens with one attached hydrogen (secondary N) is 1. The average Bonchev–Trinajstić information content (AvgIpc) is 3.32. The second-order valence-corrected chi connectivity index (χ2v) is 9.47. The molecule has 0 radical (unpaired) electrons. The Morgan fingerprint density at radius 2 is 1.72 bits per heavy atom. The number of hydrogen-bond donors (Lipinski definition) is 1. The maximum absolute atomic E-state index is 13.1. The number of hydrogen-bond acceptors (Lipinski definition) is 7. The molecule has 10 heteroatoms. The number of nitrogens with zero attached hydrogens (tertiary/aromatic N) is 1. The largest absolute Gasteiger partial charge is 0.494 e. The summed E-state index contributed by atoms with van der Waals surface area (Å²) in [6.45, 7) is 2.56. The molecule has 32 heavy (non-hydrogen) atoms. The van der Waals surface area contributed by atoms with Crippen LogP contribution < -0.4 is 14.5 Å². The fourth-order valence-electron chi connectivity index (χ4n) is 2.70. The highest BCUT2D eigenvalue weighted by Gasteiger charge is 2.29. The fraction of sp³-hybridized carbons (Fsp3) is 0.182. The monoisotopic (exact) mass is 474 g/mol. The van der Waals surface area contributed by atoms with E-state index in [0.717, 1.165) is 22.1 Å². The summed E-state index contributed by atoms with van der Waals surface area (Å²) in [6, 6.07) is 16.0. The third-order valence-corrected chi connectivity index (χ3v) is 7.26. The number of sulfonamides is 1. The predicted octanol–water partition coefficient (Wildman–Crippen LogP) is 3.86. The first-order valence-corrected chi connectivity index (χ1v) is 12.0. The number of carbonyl (C=O) groups is 2. The van der Waals surface area contributed by atoms with Gasteiger partial charge in [0.05, 0.1) is 17.9 Å². The highest BCUT2D eigenvalue weighted by molar-refractivity contribution is 7.93. The van der Waals surface area contributed by atoms with E-state index in [1.54, 1.807) is 42.5 Å². The summed E-state index contributed by atoms with van der Waals surface area (Å²) in [5.41, 5.74) is 2.68. The lowest BCUT2D eigenvalue weighted by molar-refractivity contribution is 0.0231. The molecule has 0 aliphatic carbocycles. The number of amides is 1.